The molecule has 1 aromatic rings. The number of likely N-dealkylation sites (tertiary alicyclic amines) is 1. The highest BCUT2D eigenvalue weighted by molar-refractivity contribution is 9.10. The highest BCUT2D eigenvalue weighted by Gasteiger charge is 2.34. The van der Waals surface area contributed by atoms with E-state index in [1.54, 1.807) is 24.2 Å². The summed E-state index contributed by atoms with van der Waals surface area (Å²) >= 11 is 3.19. The number of carbonyl (C=O) groups excluding carboxylic acids is 2. The molecule has 0 bridgehead atoms. The summed E-state index contributed by atoms with van der Waals surface area (Å²) in [6, 6.07) is 1.58. The number of aryl methyl sites for hydroxylation is 1. The maximum absolute atomic E-state index is 12.5. The summed E-state index contributed by atoms with van der Waals surface area (Å²) in [5.74, 6) is -0.555. The van der Waals surface area contributed by atoms with Crippen LogP contribution in [0.2, 0.25) is 0 Å². The fourth-order valence-electron chi connectivity index (χ4n) is 3.23. The largest absolute Gasteiger partial charge is 0.379 e. The number of morpholine rings is 1. The SMILES string of the molecule is Cn1cc(NC(=O)C2CC(=O)N(CCN3CCOCC3)C2)cc(Br)c1=O. The number of rotatable bonds is 5. The molecule has 1 aromatic heterocycles. The zero-order valence-corrected chi connectivity index (χ0v) is 16.3. The molecule has 0 saturated carbocycles. The van der Waals surface area contributed by atoms with Crippen LogP contribution in [0.1, 0.15) is 6.42 Å². The van der Waals surface area contributed by atoms with Crippen molar-refractivity contribution < 1.29 is 14.3 Å². The van der Waals surface area contributed by atoms with Crippen molar-refractivity contribution in [2.45, 2.75) is 6.42 Å². The van der Waals surface area contributed by atoms with Crippen LogP contribution in [0.4, 0.5) is 5.69 Å². The molecule has 9 heteroatoms. The topological polar surface area (TPSA) is 83.9 Å². The Labute approximate surface area is 160 Å². The van der Waals surface area contributed by atoms with Gasteiger partial charge in [-0.3, -0.25) is 19.3 Å². The van der Waals surface area contributed by atoms with Crippen LogP contribution in [0.5, 0.6) is 0 Å². The first-order valence-corrected chi connectivity index (χ1v) is 9.48. The Kier molecular flexibility index (Phi) is 6.10. The second-order valence-electron chi connectivity index (χ2n) is 6.68. The van der Waals surface area contributed by atoms with E-state index in [4.69, 9.17) is 4.74 Å². The van der Waals surface area contributed by atoms with Crippen molar-refractivity contribution in [3.8, 4) is 0 Å². The highest BCUT2D eigenvalue weighted by atomic mass is 79.9. The predicted molar refractivity (Wildman–Crippen MR) is 100.0 cm³/mol. The average Bonchev–Trinajstić information content (AvgIpc) is 3.00. The fraction of sp³-hybridized carbons (Fsp3) is 0.588. The summed E-state index contributed by atoms with van der Waals surface area (Å²) in [4.78, 5) is 40.4. The van der Waals surface area contributed by atoms with Gasteiger partial charge in [-0.25, -0.2) is 0 Å². The van der Waals surface area contributed by atoms with Gasteiger partial charge in [-0.05, 0) is 22.0 Å². The van der Waals surface area contributed by atoms with Gasteiger partial charge in [0.1, 0.15) is 0 Å². The Morgan fingerprint density at radius 3 is 2.73 bits per heavy atom. The van der Waals surface area contributed by atoms with E-state index in [2.05, 4.69) is 26.1 Å². The third-order valence-electron chi connectivity index (χ3n) is 4.78. The number of amides is 2. The number of nitrogens with zero attached hydrogens (tertiary/aromatic N) is 3. The molecule has 1 N–H and O–H groups in total. The second-order valence-corrected chi connectivity index (χ2v) is 7.53. The van der Waals surface area contributed by atoms with Gasteiger partial charge in [0.2, 0.25) is 11.8 Å². The first kappa shape index (κ1) is 19.1. The maximum atomic E-state index is 12.5. The van der Waals surface area contributed by atoms with Gasteiger partial charge in [0, 0.05) is 52.4 Å². The number of halogens is 1. The summed E-state index contributed by atoms with van der Waals surface area (Å²) < 4.78 is 7.10. The van der Waals surface area contributed by atoms with E-state index < -0.39 is 0 Å². The minimum absolute atomic E-state index is 0.0139. The number of nitrogens with one attached hydrogen (secondary N) is 1. The molecule has 2 aliphatic heterocycles. The van der Waals surface area contributed by atoms with Gasteiger partial charge in [-0.2, -0.15) is 0 Å². The zero-order chi connectivity index (χ0) is 18.7. The molecular formula is C17H23BrN4O4. The minimum Gasteiger partial charge on any atom is -0.379 e. The standard InChI is InChI=1S/C17H23BrN4O4/c1-20-11-13(9-14(18)17(20)25)19-16(24)12-8-15(23)22(10-12)3-2-21-4-6-26-7-5-21/h9,11-12H,2-8,10H2,1H3,(H,19,24). The Bertz CT molecular complexity index is 719. The molecule has 2 fully saturated rings. The van der Waals surface area contributed by atoms with Crippen LogP contribution in [-0.2, 0) is 21.4 Å². The van der Waals surface area contributed by atoms with E-state index in [0.717, 1.165) is 32.8 Å². The molecule has 0 aromatic carbocycles. The van der Waals surface area contributed by atoms with E-state index >= 15 is 0 Å². The fourth-order valence-corrected chi connectivity index (χ4v) is 3.76. The van der Waals surface area contributed by atoms with E-state index in [1.165, 1.54) is 4.57 Å². The lowest BCUT2D eigenvalue weighted by Crippen LogP contribution is -2.42. The number of anilines is 1. The average molecular weight is 427 g/mol. The van der Waals surface area contributed by atoms with E-state index in [9.17, 15) is 14.4 Å². The number of pyridine rings is 1. The quantitative estimate of drug-likeness (QED) is 0.730. The van der Waals surface area contributed by atoms with Crippen molar-refractivity contribution in [2.75, 3.05) is 51.3 Å². The number of aromatic nitrogens is 1. The molecule has 1 unspecified atom stereocenters. The maximum Gasteiger partial charge on any atom is 0.264 e. The lowest BCUT2D eigenvalue weighted by atomic mass is 10.1. The predicted octanol–water partition coefficient (Wildman–Crippen LogP) is 0.267. The minimum atomic E-state index is -0.372. The van der Waals surface area contributed by atoms with Gasteiger partial charge in [0.25, 0.3) is 5.56 Å². The number of ether oxygens (including phenoxy) is 1. The molecule has 1 atom stereocenters. The molecule has 3 rings (SSSR count). The number of carbonyl (C=O) groups is 2. The highest BCUT2D eigenvalue weighted by Crippen LogP contribution is 2.20. The molecular weight excluding hydrogens is 404 g/mol. The molecule has 2 aliphatic rings. The van der Waals surface area contributed by atoms with Gasteiger partial charge in [-0.1, -0.05) is 0 Å². The van der Waals surface area contributed by atoms with Gasteiger partial charge in [-0.15, -0.1) is 0 Å². The van der Waals surface area contributed by atoms with Crippen molar-refractivity contribution in [1.82, 2.24) is 14.4 Å². The lowest BCUT2D eigenvalue weighted by molar-refractivity contribution is -0.128. The zero-order valence-electron chi connectivity index (χ0n) is 14.7. The first-order chi connectivity index (χ1) is 12.4. The van der Waals surface area contributed by atoms with E-state index in [1.807, 2.05) is 0 Å². The van der Waals surface area contributed by atoms with Crippen LogP contribution in [0, 0.1) is 5.92 Å². The third-order valence-corrected chi connectivity index (χ3v) is 5.35. The summed E-state index contributed by atoms with van der Waals surface area (Å²) in [5.41, 5.74) is 0.358. The van der Waals surface area contributed by atoms with Crippen molar-refractivity contribution in [3.05, 3.63) is 27.1 Å². The first-order valence-electron chi connectivity index (χ1n) is 8.69. The Morgan fingerprint density at radius 1 is 1.31 bits per heavy atom. The van der Waals surface area contributed by atoms with Gasteiger partial charge < -0.3 is 19.5 Å². The molecule has 2 saturated heterocycles. The lowest BCUT2D eigenvalue weighted by Gasteiger charge is -2.28. The van der Waals surface area contributed by atoms with Crippen LogP contribution in [0.15, 0.2) is 21.5 Å². The molecule has 3 heterocycles. The van der Waals surface area contributed by atoms with Crippen LogP contribution >= 0.6 is 15.9 Å². The Balaban J connectivity index is 1.54. The molecule has 2 amide bonds. The molecule has 0 radical (unpaired) electrons. The smallest absolute Gasteiger partial charge is 0.264 e. The van der Waals surface area contributed by atoms with Crippen LogP contribution in [0.25, 0.3) is 0 Å². The second kappa shape index (κ2) is 8.32. The van der Waals surface area contributed by atoms with Crippen molar-refractivity contribution in [3.63, 3.8) is 0 Å². The summed E-state index contributed by atoms with van der Waals surface area (Å²) in [7, 11) is 1.62. The van der Waals surface area contributed by atoms with Gasteiger partial charge >= 0.3 is 0 Å². The Hall–Kier alpha value is -1.71. The van der Waals surface area contributed by atoms with Gasteiger partial charge in [0.05, 0.1) is 29.3 Å². The number of hydrogen-bond donors (Lipinski definition) is 1. The van der Waals surface area contributed by atoms with Crippen molar-refractivity contribution in [1.29, 1.82) is 0 Å². The normalized spacial score (nSPS) is 21.2. The van der Waals surface area contributed by atoms with Crippen molar-refractivity contribution >= 4 is 33.4 Å². The molecule has 0 aliphatic carbocycles. The molecule has 142 valence electrons. The Morgan fingerprint density at radius 2 is 2.04 bits per heavy atom. The van der Waals surface area contributed by atoms with E-state index in [-0.39, 0.29) is 29.7 Å². The summed E-state index contributed by atoms with van der Waals surface area (Å²) in [6.07, 6.45) is 1.79. The van der Waals surface area contributed by atoms with Crippen LogP contribution < -0.4 is 10.9 Å². The van der Waals surface area contributed by atoms with Gasteiger partial charge in [0.15, 0.2) is 0 Å². The number of hydrogen-bond acceptors (Lipinski definition) is 5. The molecule has 26 heavy (non-hydrogen) atoms. The third kappa shape index (κ3) is 4.52. The molecule has 0 spiro atoms. The van der Waals surface area contributed by atoms with E-state index in [0.29, 0.717) is 23.2 Å². The summed E-state index contributed by atoms with van der Waals surface area (Å²) in [6.45, 7) is 5.09. The monoisotopic (exact) mass is 426 g/mol. The van der Waals surface area contributed by atoms with Crippen LogP contribution in [-0.4, -0.2) is 72.1 Å². The molecule has 8 nitrogen and oxygen atoms in total. The van der Waals surface area contributed by atoms with Crippen LogP contribution in [0.3, 0.4) is 0 Å². The summed E-state index contributed by atoms with van der Waals surface area (Å²) in [5, 5.41) is 2.80. The van der Waals surface area contributed by atoms with Crippen molar-refractivity contribution in [2.24, 2.45) is 13.0 Å².